The van der Waals surface area contributed by atoms with E-state index in [0.29, 0.717) is 17.5 Å². The molecule has 2 aromatic carbocycles. The summed E-state index contributed by atoms with van der Waals surface area (Å²) in [5.74, 6) is 0.190. The van der Waals surface area contributed by atoms with Crippen molar-refractivity contribution in [2.75, 3.05) is 5.73 Å². The molecular formula is C19H18BrN3O2. The first-order chi connectivity index (χ1) is 12.1. The molecule has 0 atom stereocenters. The van der Waals surface area contributed by atoms with E-state index in [1.165, 1.54) is 4.57 Å². The number of nitrogen functional groups attached to an aromatic ring is 1. The highest BCUT2D eigenvalue weighted by molar-refractivity contribution is 9.10. The molecule has 0 spiro atoms. The molecule has 0 saturated heterocycles. The van der Waals surface area contributed by atoms with Crippen molar-refractivity contribution in [1.82, 2.24) is 9.55 Å². The monoisotopic (exact) mass is 399 g/mol. The Morgan fingerprint density at radius 2 is 1.60 bits per heavy atom. The highest BCUT2D eigenvalue weighted by atomic mass is 79.9. The number of halogens is 1. The van der Waals surface area contributed by atoms with Crippen LogP contribution in [0.2, 0.25) is 0 Å². The van der Waals surface area contributed by atoms with Crippen LogP contribution in [0.3, 0.4) is 0 Å². The lowest BCUT2D eigenvalue weighted by Crippen LogP contribution is -2.29. The summed E-state index contributed by atoms with van der Waals surface area (Å²) in [6.45, 7) is 0.530. The molecule has 0 fully saturated rings. The molecule has 5 nitrogen and oxygen atoms in total. The minimum atomic E-state index is -0.417. The number of rotatable bonds is 6. The second-order valence-electron chi connectivity index (χ2n) is 5.59. The average molecular weight is 400 g/mol. The summed E-state index contributed by atoms with van der Waals surface area (Å²) >= 11 is 3.46. The van der Waals surface area contributed by atoms with Crippen LogP contribution in [0.5, 0.6) is 0 Å². The van der Waals surface area contributed by atoms with Crippen molar-refractivity contribution < 1.29 is 4.74 Å². The fraction of sp³-hybridized carbons (Fsp3) is 0.158. The van der Waals surface area contributed by atoms with E-state index < -0.39 is 5.69 Å². The second-order valence-corrected chi connectivity index (χ2v) is 6.39. The fourth-order valence-electron chi connectivity index (χ4n) is 2.52. The van der Waals surface area contributed by atoms with E-state index in [2.05, 4.69) is 20.9 Å². The summed E-state index contributed by atoms with van der Waals surface area (Å²) in [6.07, 6.45) is 0.554. The normalized spacial score (nSPS) is 10.8. The number of ether oxygens (including phenoxy) is 1. The molecule has 0 saturated carbocycles. The molecule has 128 valence electrons. The zero-order chi connectivity index (χ0) is 17.6. The van der Waals surface area contributed by atoms with Crippen molar-refractivity contribution in [2.45, 2.75) is 19.8 Å². The number of aromatic nitrogens is 2. The Morgan fingerprint density at radius 1 is 1.00 bits per heavy atom. The predicted molar refractivity (Wildman–Crippen MR) is 101 cm³/mol. The number of nitrogens with two attached hydrogens (primary N) is 1. The first kappa shape index (κ1) is 17.4. The van der Waals surface area contributed by atoms with Crippen LogP contribution in [-0.4, -0.2) is 9.55 Å². The van der Waals surface area contributed by atoms with Gasteiger partial charge in [-0.2, -0.15) is 4.98 Å². The van der Waals surface area contributed by atoms with Crippen LogP contribution in [0.4, 0.5) is 5.82 Å². The summed E-state index contributed by atoms with van der Waals surface area (Å²) in [6, 6.07) is 19.7. The molecule has 0 amide bonds. The van der Waals surface area contributed by atoms with Gasteiger partial charge in [-0.15, -0.1) is 0 Å². The molecule has 0 aliphatic heterocycles. The van der Waals surface area contributed by atoms with Gasteiger partial charge in [0.25, 0.3) is 0 Å². The number of benzene rings is 2. The first-order valence-electron chi connectivity index (χ1n) is 7.85. The van der Waals surface area contributed by atoms with E-state index in [9.17, 15) is 4.79 Å². The van der Waals surface area contributed by atoms with Gasteiger partial charge in [0.05, 0.1) is 11.1 Å². The van der Waals surface area contributed by atoms with Crippen molar-refractivity contribution in [3.63, 3.8) is 0 Å². The molecule has 6 heteroatoms. The summed E-state index contributed by atoms with van der Waals surface area (Å²) in [5, 5.41) is 0. The van der Waals surface area contributed by atoms with Crippen molar-refractivity contribution >= 4 is 21.7 Å². The van der Waals surface area contributed by atoms with Gasteiger partial charge in [-0.1, -0.05) is 60.7 Å². The lowest BCUT2D eigenvalue weighted by atomic mass is 10.1. The van der Waals surface area contributed by atoms with Crippen molar-refractivity contribution in [2.24, 2.45) is 0 Å². The molecule has 2 N–H and O–H groups in total. The van der Waals surface area contributed by atoms with Gasteiger partial charge < -0.3 is 10.5 Å². The summed E-state index contributed by atoms with van der Waals surface area (Å²) in [5.41, 5.74) is 8.30. The minimum absolute atomic E-state index is 0.113. The van der Waals surface area contributed by atoms with Crippen LogP contribution in [0.1, 0.15) is 16.8 Å². The molecule has 1 heterocycles. The van der Waals surface area contributed by atoms with Crippen molar-refractivity contribution in [1.29, 1.82) is 0 Å². The van der Waals surface area contributed by atoms with Gasteiger partial charge >= 0.3 is 5.69 Å². The maximum Gasteiger partial charge on any atom is 0.351 e. The van der Waals surface area contributed by atoms with Crippen LogP contribution in [0.25, 0.3) is 0 Å². The SMILES string of the molecule is Nc1nc(=O)n(COCc2ccccc2)c(Cc2ccccc2)c1Br. The van der Waals surface area contributed by atoms with E-state index in [4.69, 9.17) is 10.5 Å². The third kappa shape index (κ3) is 4.35. The van der Waals surface area contributed by atoms with E-state index in [-0.39, 0.29) is 12.5 Å². The molecule has 0 aliphatic rings. The number of anilines is 1. The van der Waals surface area contributed by atoms with Crippen LogP contribution in [0, 0.1) is 0 Å². The Labute approximate surface area is 154 Å². The highest BCUT2D eigenvalue weighted by Gasteiger charge is 2.14. The Bertz CT molecular complexity index is 896. The van der Waals surface area contributed by atoms with Gasteiger partial charge in [0.2, 0.25) is 0 Å². The summed E-state index contributed by atoms with van der Waals surface area (Å²) in [7, 11) is 0. The Balaban J connectivity index is 1.84. The minimum Gasteiger partial charge on any atom is -0.383 e. The Hall–Kier alpha value is -2.44. The number of hydrogen-bond donors (Lipinski definition) is 1. The van der Waals surface area contributed by atoms with Gasteiger partial charge in [0.15, 0.2) is 0 Å². The van der Waals surface area contributed by atoms with Crippen molar-refractivity contribution in [3.05, 3.63) is 92.4 Å². The van der Waals surface area contributed by atoms with E-state index in [1.54, 1.807) is 0 Å². The molecule has 1 aromatic heterocycles. The molecule has 3 rings (SSSR count). The lowest BCUT2D eigenvalue weighted by Gasteiger charge is -2.15. The maximum atomic E-state index is 12.3. The lowest BCUT2D eigenvalue weighted by molar-refractivity contribution is 0.0591. The van der Waals surface area contributed by atoms with Gasteiger partial charge in [0.1, 0.15) is 12.5 Å². The largest absolute Gasteiger partial charge is 0.383 e. The van der Waals surface area contributed by atoms with Gasteiger partial charge in [-0.3, -0.25) is 4.57 Å². The second kappa shape index (κ2) is 8.09. The number of hydrogen-bond acceptors (Lipinski definition) is 4. The molecule has 3 aromatic rings. The third-order valence-electron chi connectivity index (χ3n) is 3.80. The average Bonchev–Trinajstić information content (AvgIpc) is 2.63. The van der Waals surface area contributed by atoms with Gasteiger partial charge in [-0.05, 0) is 27.1 Å². The van der Waals surface area contributed by atoms with E-state index >= 15 is 0 Å². The Kier molecular flexibility index (Phi) is 5.63. The summed E-state index contributed by atoms with van der Waals surface area (Å²) in [4.78, 5) is 16.2. The topological polar surface area (TPSA) is 70.1 Å². The van der Waals surface area contributed by atoms with Crippen LogP contribution in [-0.2, 0) is 24.5 Å². The first-order valence-corrected chi connectivity index (χ1v) is 8.64. The van der Waals surface area contributed by atoms with Crippen LogP contribution >= 0.6 is 15.9 Å². The quantitative estimate of drug-likeness (QED) is 0.689. The fourth-order valence-corrected chi connectivity index (χ4v) is 2.96. The van der Waals surface area contributed by atoms with Gasteiger partial charge in [0, 0.05) is 12.1 Å². The molecule has 25 heavy (non-hydrogen) atoms. The third-order valence-corrected chi connectivity index (χ3v) is 4.66. The Morgan fingerprint density at radius 3 is 2.24 bits per heavy atom. The van der Waals surface area contributed by atoms with Crippen molar-refractivity contribution in [3.8, 4) is 0 Å². The van der Waals surface area contributed by atoms with Crippen LogP contribution < -0.4 is 11.4 Å². The molecule has 0 radical (unpaired) electrons. The zero-order valence-electron chi connectivity index (χ0n) is 13.6. The molecule has 0 unspecified atom stereocenters. The predicted octanol–water partition coefficient (Wildman–Crippen LogP) is 3.35. The van der Waals surface area contributed by atoms with Crippen LogP contribution in [0.15, 0.2) is 69.9 Å². The number of nitrogens with zero attached hydrogens (tertiary/aromatic N) is 2. The standard InChI is InChI=1S/C19H18BrN3O2/c20-17-16(11-14-7-3-1-4-8-14)23(19(24)22-18(17)21)13-25-12-15-9-5-2-6-10-15/h1-10H,11-13H2,(H2,21,22,24). The molecular weight excluding hydrogens is 382 g/mol. The van der Waals surface area contributed by atoms with E-state index in [1.807, 2.05) is 60.7 Å². The smallest absolute Gasteiger partial charge is 0.351 e. The zero-order valence-corrected chi connectivity index (χ0v) is 15.1. The van der Waals surface area contributed by atoms with E-state index in [0.717, 1.165) is 16.8 Å². The highest BCUT2D eigenvalue weighted by Crippen LogP contribution is 2.23. The maximum absolute atomic E-state index is 12.3. The summed E-state index contributed by atoms with van der Waals surface area (Å²) < 4.78 is 7.86. The van der Waals surface area contributed by atoms with Gasteiger partial charge in [-0.25, -0.2) is 4.79 Å². The molecule has 0 aliphatic carbocycles. The molecule has 0 bridgehead atoms.